The highest BCUT2D eigenvalue weighted by molar-refractivity contribution is 5.58. The predicted molar refractivity (Wildman–Crippen MR) is 155 cm³/mol. The number of aryl methyl sites for hydroxylation is 1. The summed E-state index contributed by atoms with van der Waals surface area (Å²) in [7, 11) is 0. The number of ether oxygens (including phenoxy) is 1. The second kappa shape index (κ2) is 12.7. The summed E-state index contributed by atoms with van der Waals surface area (Å²) in [6.07, 6.45) is 8.51. The van der Waals surface area contributed by atoms with Gasteiger partial charge in [-0.2, -0.15) is 0 Å². The Kier molecular flexibility index (Phi) is 8.92. The molecular weight excluding hydrogens is 491 g/mol. The maximum absolute atomic E-state index is 14.9. The first-order chi connectivity index (χ1) is 18.9. The molecule has 6 heteroatoms. The molecule has 0 amide bonds. The molecule has 39 heavy (non-hydrogen) atoms. The Labute approximate surface area is 231 Å². The molecule has 5 nitrogen and oxygen atoms in total. The minimum Gasteiger partial charge on any atom is -0.508 e. The van der Waals surface area contributed by atoms with Crippen LogP contribution in [0.25, 0.3) is 0 Å². The van der Waals surface area contributed by atoms with E-state index in [1.54, 1.807) is 30.3 Å². The lowest BCUT2D eigenvalue weighted by Crippen LogP contribution is -2.29. The number of hydrogen-bond acceptors (Lipinski definition) is 5. The second-order valence-electron chi connectivity index (χ2n) is 11.3. The van der Waals surface area contributed by atoms with E-state index >= 15 is 0 Å². The molecule has 3 aromatic rings. The summed E-state index contributed by atoms with van der Waals surface area (Å²) >= 11 is 0. The van der Waals surface area contributed by atoms with Crippen molar-refractivity contribution >= 4 is 5.69 Å². The van der Waals surface area contributed by atoms with Crippen LogP contribution in [0.5, 0.6) is 17.2 Å². The molecule has 3 N–H and O–H groups in total. The fourth-order valence-electron chi connectivity index (χ4n) is 6.14. The predicted octanol–water partition coefficient (Wildman–Crippen LogP) is 6.81. The number of phenols is 2. The Morgan fingerprint density at radius 2 is 1.72 bits per heavy atom. The van der Waals surface area contributed by atoms with Crippen LogP contribution in [0.3, 0.4) is 0 Å². The minimum atomic E-state index is -0.319. The van der Waals surface area contributed by atoms with Gasteiger partial charge in [0.15, 0.2) is 11.6 Å². The van der Waals surface area contributed by atoms with E-state index in [-0.39, 0.29) is 17.6 Å². The first-order valence-corrected chi connectivity index (χ1v) is 14.5. The number of hydrogen-bond donors (Lipinski definition) is 3. The number of benzene rings is 3. The molecule has 1 fully saturated rings. The molecule has 0 saturated carbocycles. The lowest BCUT2D eigenvalue weighted by atomic mass is 9.79. The molecule has 1 aliphatic carbocycles. The van der Waals surface area contributed by atoms with Gasteiger partial charge >= 0.3 is 0 Å². The molecule has 0 aromatic heterocycles. The minimum absolute atomic E-state index is 0.0348. The van der Waals surface area contributed by atoms with Crippen molar-refractivity contribution in [1.29, 1.82) is 0 Å². The summed E-state index contributed by atoms with van der Waals surface area (Å²) in [5.74, 6) is 0.857. The maximum atomic E-state index is 14.9. The molecule has 2 atom stereocenters. The average Bonchev–Trinajstić information content (AvgIpc) is 3.19. The Hall–Kier alpha value is -3.25. The molecule has 208 valence electrons. The van der Waals surface area contributed by atoms with Crippen LogP contribution >= 0.6 is 0 Å². The van der Waals surface area contributed by atoms with Crippen molar-refractivity contribution in [2.45, 2.75) is 70.3 Å². The van der Waals surface area contributed by atoms with Crippen molar-refractivity contribution < 1.29 is 19.3 Å². The molecular formula is C33H41FN2O3. The molecule has 0 spiro atoms. The van der Waals surface area contributed by atoms with Crippen LogP contribution in [0.4, 0.5) is 10.1 Å². The van der Waals surface area contributed by atoms with Gasteiger partial charge in [-0.3, -0.25) is 4.90 Å². The van der Waals surface area contributed by atoms with Crippen LogP contribution in [0.15, 0.2) is 54.6 Å². The van der Waals surface area contributed by atoms with E-state index in [4.69, 9.17) is 4.74 Å². The highest BCUT2D eigenvalue weighted by atomic mass is 19.1. The SMILES string of the molecule is CC(Cc1ccc(OCCN2CCCCCC2)c(F)c1)Nc1cc(O)ccc1C1CCc2cc(O)ccc2C1. The average molecular weight is 533 g/mol. The van der Waals surface area contributed by atoms with Crippen molar-refractivity contribution in [3.05, 3.63) is 82.7 Å². The van der Waals surface area contributed by atoms with Gasteiger partial charge in [0.1, 0.15) is 18.1 Å². The van der Waals surface area contributed by atoms with Gasteiger partial charge in [0.25, 0.3) is 0 Å². The molecule has 1 saturated heterocycles. The van der Waals surface area contributed by atoms with Crippen molar-refractivity contribution in [1.82, 2.24) is 4.90 Å². The van der Waals surface area contributed by atoms with Gasteiger partial charge < -0.3 is 20.3 Å². The standard InChI is InChI=1S/C33H41FN2O3/c1-23(18-24-6-13-33(31(34)19-24)39-17-16-36-14-4-2-3-5-15-36)35-32-22-29(38)11-12-30(32)27-8-7-26-21-28(37)10-9-25(26)20-27/h6,9-13,19,21-23,27,35,37-38H,2-5,7-8,14-18,20H2,1H3. The summed E-state index contributed by atoms with van der Waals surface area (Å²) < 4.78 is 20.6. The molecule has 0 radical (unpaired) electrons. The smallest absolute Gasteiger partial charge is 0.165 e. The van der Waals surface area contributed by atoms with Gasteiger partial charge in [0.2, 0.25) is 0 Å². The van der Waals surface area contributed by atoms with E-state index in [1.807, 2.05) is 24.3 Å². The normalized spacial score (nSPS) is 18.7. The number of halogens is 1. The topological polar surface area (TPSA) is 65.0 Å². The fraction of sp³-hybridized carbons (Fsp3) is 0.455. The summed E-state index contributed by atoms with van der Waals surface area (Å²) in [6.45, 7) is 5.63. The molecule has 2 unspecified atom stereocenters. The molecule has 5 rings (SSSR count). The largest absolute Gasteiger partial charge is 0.508 e. The van der Waals surface area contributed by atoms with Crippen LogP contribution < -0.4 is 10.1 Å². The van der Waals surface area contributed by atoms with Crippen molar-refractivity contribution in [3.8, 4) is 17.2 Å². The van der Waals surface area contributed by atoms with Gasteiger partial charge in [-0.25, -0.2) is 4.39 Å². The zero-order valence-electron chi connectivity index (χ0n) is 23.0. The lowest BCUT2D eigenvalue weighted by Gasteiger charge is -2.28. The van der Waals surface area contributed by atoms with Crippen LogP contribution in [-0.2, 0) is 19.3 Å². The van der Waals surface area contributed by atoms with Crippen molar-refractivity contribution in [2.24, 2.45) is 0 Å². The fourth-order valence-corrected chi connectivity index (χ4v) is 6.14. The van der Waals surface area contributed by atoms with Gasteiger partial charge in [-0.1, -0.05) is 31.0 Å². The van der Waals surface area contributed by atoms with Crippen LogP contribution in [0.2, 0.25) is 0 Å². The lowest BCUT2D eigenvalue weighted by molar-refractivity contribution is 0.209. The summed E-state index contributed by atoms with van der Waals surface area (Å²) in [6, 6.07) is 16.5. The summed E-state index contributed by atoms with van der Waals surface area (Å²) in [5.41, 5.74) is 5.48. The number of fused-ring (bicyclic) bond motifs is 1. The number of anilines is 1. The second-order valence-corrected chi connectivity index (χ2v) is 11.3. The molecule has 0 bridgehead atoms. The third-order valence-corrected chi connectivity index (χ3v) is 8.20. The number of aromatic hydroxyl groups is 2. The number of nitrogens with one attached hydrogen (secondary N) is 1. The van der Waals surface area contributed by atoms with Crippen LogP contribution in [0, 0.1) is 5.82 Å². The third-order valence-electron chi connectivity index (χ3n) is 8.20. The Morgan fingerprint density at radius 3 is 2.51 bits per heavy atom. The quantitative estimate of drug-likeness (QED) is 0.283. The first kappa shape index (κ1) is 27.3. The van der Waals surface area contributed by atoms with Crippen molar-refractivity contribution in [2.75, 3.05) is 31.6 Å². The third kappa shape index (κ3) is 7.24. The van der Waals surface area contributed by atoms with E-state index in [9.17, 15) is 14.6 Å². The van der Waals surface area contributed by atoms with E-state index in [0.717, 1.165) is 50.1 Å². The number of phenolic OH excluding ortho intramolecular Hbond substituents is 2. The van der Waals surface area contributed by atoms with E-state index < -0.39 is 0 Å². The highest BCUT2D eigenvalue weighted by Crippen LogP contribution is 2.38. The Balaban J connectivity index is 1.19. The highest BCUT2D eigenvalue weighted by Gasteiger charge is 2.23. The molecule has 3 aromatic carbocycles. The molecule has 1 heterocycles. The number of nitrogens with zero attached hydrogens (tertiary/aromatic N) is 1. The molecule has 1 aliphatic heterocycles. The van der Waals surface area contributed by atoms with E-state index in [0.29, 0.717) is 30.4 Å². The van der Waals surface area contributed by atoms with Gasteiger partial charge in [-0.15, -0.1) is 0 Å². The number of likely N-dealkylation sites (tertiary alicyclic amines) is 1. The van der Waals surface area contributed by atoms with Gasteiger partial charge in [-0.05, 0) is 117 Å². The Morgan fingerprint density at radius 1 is 0.949 bits per heavy atom. The summed E-state index contributed by atoms with van der Waals surface area (Å²) in [4.78, 5) is 2.42. The van der Waals surface area contributed by atoms with Crippen molar-refractivity contribution in [3.63, 3.8) is 0 Å². The number of rotatable bonds is 9. The maximum Gasteiger partial charge on any atom is 0.165 e. The summed E-state index contributed by atoms with van der Waals surface area (Å²) in [5, 5.41) is 23.6. The van der Waals surface area contributed by atoms with Gasteiger partial charge in [0.05, 0.1) is 0 Å². The van der Waals surface area contributed by atoms with E-state index in [1.165, 1.54) is 42.4 Å². The van der Waals surface area contributed by atoms with Crippen LogP contribution in [-0.4, -0.2) is 47.4 Å². The zero-order valence-corrected chi connectivity index (χ0v) is 23.0. The first-order valence-electron chi connectivity index (χ1n) is 14.5. The van der Waals surface area contributed by atoms with Crippen LogP contribution in [0.1, 0.15) is 67.2 Å². The zero-order chi connectivity index (χ0) is 27.2. The molecule has 2 aliphatic rings. The monoisotopic (exact) mass is 532 g/mol. The van der Waals surface area contributed by atoms with E-state index in [2.05, 4.69) is 17.1 Å². The van der Waals surface area contributed by atoms with Gasteiger partial charge in [0, 0.05) is 24.3 Å². The Bertz CT molecular complexity index is 1260.